The number of benzene rings is 1. The minimum Gasteiger partial charge on any atom is -0.496 e. The highest BCUT2D eigenvalue weighted by Gasteiger charge is 2.07. The normalized spacial score (nSPS) is 10.9. The van der Waals surface area contributed by atoms with Crippen LogP contribution in [0.5, 0.6) is 5.75 Å². The molecule has 0 fully saturated rings. The van der Waals surface area contributed by atoms with Crippen molar-refractivity contribution in [1.82, 2.24) is 9.38 Å². The standard InChI is InChI=1S/C16H16N2O2/c1-11-7-13(3-4-15(11)20-2)14-9-18-6-5-12(10-19)8-16(18)17-14/h3-9,19H,10H2,1-2H3. The molecule has 3 aromatic rings. The number of imidazole rings is 1. The van der Waals surface area contributed by atoms with Crippen molar-refractivity contribution in [3.05, 3.63) is 53.9 Å². The molecule has 1 N–H and O–H groups in total. The third kappa shape index (κ3) is 2.14. The molecule has 4 nitrogen and oxygen atoms in total. The second-order valence-corrected chi connectivity index (χ2v) is 4.77. The smallest absolute Gasteiger partial charge is 0.137 e. The predicted molar refractivity (Wildman–Crippen MR) is 77.8 cm³/mol. The van der Waals surface area contributed by atoms with Gasteiger partial charge in [-0.15, -0.1) is 0 Å². The molecule has 0 spiro atoms. The molecule has 0 bridgehead atoms. The number of methoxy groups -OCH3 is 1. The van der Waals surface area contributed by atoms with Crippen LogP contribution in [-0.4, -0.2) is 21.6 Å². The lowest BCUT2D eigenvalue weighted by molar-refractivity contribution is 0.282. The molecule has 0 saturated heterocycles. The van der Waals surface area contributed by atoms with Gasteiger partial charge in [0.1, 0.15) is 11.4 Å². The van der Waals surface area contributed by atoms with Crippen LogP contribution >= 0.6 is 0 Å². The van der Waals surface area contributed by atoms with Gasteiger partial charge in [0, 0.05) is 18.0 Å². The van der Waals surface area contributed by atoms with Crippen LogP contribution in [0.25, 0.3) is 16.9 Å². The second-order valence-electron chi connectivity index (χ2n) is 4.77. The summed E-state index contributed by atoms with van der Waals surface area (Å²) in [5.74, 6) is 0.875. The summed E-state index contributed by atoms with van der Waals surface area (Å²) in [5.41, 5.74) is 4.74. The number of fused-ring (bicyclic) bond motifs is 1. The average Bonchev–Trinajstić information content (AvgIpc) is 2.89. The summed E-state index contributed by atoms with van der Waals surface area (Å²) in [5, 5.41) is 9.16. The van der Waals surface area contributed by atoms with Gasteiger partial charge in [-0.25, -0.2) is 4.98 Å². The Kier molecular flexibility index (Phi) is 3.16. The van der Waals surface area contributed by atoms with Crippen molar-refractivity contribution in [2.45, 2.75) is 13.5 Å². The number of pyridine rings is 1. The van der Waals surface area contributed by atoms with Crippen LogP contribution in [0.15, 0.2) is 42.7 Å². The summed E-state index contributed by atoms with van der Waals surface area (Å²) < 4.78 is 7.22. The van der Waals surface area contributed by atoms with Crippen molar-refractivity contribution >= 4 is 5.65 Å². The van der Waals surface area contributed by atoms with Crippen molar-refractivity contribution in [2.75, 3.05) is 7.11 Å². The molecule has 20 heavy (non-hydrogen) atoms. The number of ether oxygens (including phenoxy) is 1. The van der Waals surface area contributed by atoms with Gasteiger partial charge in [-0.05, 0) is 48.4 Å². The number of rotatable bonds is 3. The first-order valence-electron chi connectivity index (χ1n) is 6.45. The fourth-order valence-electron chi connectivity index (χ4n) is 2.30. The third-order valence-corrected chi connectivity index (χ3v) is 3.40. The molecule has 0 unspecified atom stereocenters. The predicted octanol–water partition coefficient (Wildman–Crippen LogP) is 2.81. The van der Waals surface area contributed by atoms with E-state index in [0.29, 0.717) is 0 Å². The van der Waals surface area contributed by atoms with E-state index in [1.54, 1.807) is 7.11 Å². The summed E-state index contributed by atoms with van der Waals surface area (Å²) >= 11 is 0. The zero-order valence-electron chi connectivity index (χ0n) is 11.5. The maximum Gasteiger partial charge on any atom is 0.137 e. The van der Waals surface area contributed by atoms with Crippen molar-refractivity contribution in [1.29, 1.82) is 0 Å². The SMILES string of the molecule is COc1ccc(-c2cn3ccc(CO)cc3n2)cc1C. The second kappa shape index (κ2) is 4.98. The fourth-order valence-corrected chi connectivity index (χ4v) is 2.30. The van der Waals surface area contributed by atoms with Crippen molar-refractivity contribution in [3.8, 4) is 17.0 Å². The molecule has 0 atom stereocenters. The number of aliphatic hydroxyl groups excluding tert-OH is 1. The lowest BCUT2D eigenvalue weighted by Crippen LogP contribution is -1.87. The third-order valence-electron chi connectivity index (χ3n) is 3.40. The molecule has 0 aliphatic carbocycles. The van der Waals surface area contributed by atoms with Crippen LogP contribution in [0.2, 0.25) is 0 Å². The fraction of sp³-hybridized carbons (Fsp3) is 0.188. The van der Waals surface area contributed by atoms with Gasteiger partial charge in [-0.2, -0.15) is 0 Å². The highest BCUT2D eigenvalue weighted by atomic mass is 16.5. The first-order chi connectivity index (χ1) is 9.71. The van der Waals surface area contributed by atoms with E-state index in [1.807, 2.05) is 48.0 Å². The molecule has 2 heterocycles. The Balaban J connectivity index is 2.07. The Hall–Kier alpha value is -2.33. The number of hydrogen-bond acceptors (Lipinski definition) is 3. The monoisotopic (exact) mass is 268 g/mol. The summed E-state index contributed by atoms with van der Waals surface area (Å²) in [6, 6.07) is 9.79. The van der Waals surface area contributed by atoms with E-state index in [4.69, 9.17) is 9.84 Å². The largest absolute Gasteiger partial charge is 0.496 e. The van der Waals surface area contributed by atoms with Gasteiger partial charge in [-0.1, -0.05) is 0 Å². The topological polar surface area (TPSA) is 46.8 Å². The van der Waals surface area contributed by atoms with E-state index in [9.17, 15) is 0 Å². The molecule has 102 valence electrons. The van der Waals surface area contributed by atoms with Crippen molar-refractivity contribution in [2.24, 2.45) is 0 Å². The lowest BCUT2D eigenvalue weighted by Gasteiger charge is -2.05. The first-order valence-corrected chi connectivity index (χ1v) is 6.45. The highest BCUT2D eigenvalue weighted by molar-refractivity contribution is 5.65. The van der Waals surface area contributed by atoms with E-state index in [-0.39, 0.29) is 6.61 Å². The van der Waals surface area contributed by atoms with Crippen LogP contribution in [0, 0.1) is 6.92 Å². The van der Waals surface area contributed by atoms with Gasteiger partial charge >= 0.3 is 0 Å². The van der Waals surface area contributed by atoms with Gasteiger partial charge in [0.15, 0.2) is 0 Å². The molecular weight excluding hydrogens is 252 g/mol. The van der Waals surface area contributed by atoms with Gasteiger partial charge in [-0.3, -0.25) is 0 Å². The number of hydrogen-bond donors (Lipinski definition) is 1. The van der Waals surface area contributed by atoms with E-state index >= 15 is 0 Å². The zero-order chi connectivity index (χ0) is 14.1. The molecule has 0 radical (unpaired) electrons. The van der Waals surface area contributed by atoms with Crippen molar-refractivity contribution < 1.29 is 9.84 Å². The van der Waals surface area contributed by atoms with E-state index < -0.39 is 0 Å². The van der Waals surface area contributed by atoms with Gasteiger partial charge < -0.3 is 14.2 Å². The number of aromatic nitrogens is 2. The van der Waals surface area contributed by atoms with Crippen LogP contribution in [0.3, 0.4) is 0 Å². The van der Waals surface area contributed by atoms with E-state index in [2.05, 4.69) is 11.1 Å². The number of aryl methyl sites for hydroxylation is 1. The Morgan fingerprint density at radius 2 is 2.10 bits per heavy atom. The summed E-state index contributed by atoms with van der Waals surface area (Å²) in [6.45, 7) is 2.04. The van der Waals surface area contributed by atoms with Gasteiger partial charge in [0.2, 0.25) is 0 Å². The summed E-state index contributed by atoms with van der Waals surface area (Å²) in [6.07, 6.45) is 3.89. The number of nitrogens with zero attached hydrogens (tertiary/aromatic N) is 2. The van der Waals surface area contributed by atoms with Crippen LogP contribution in [0.1, 0.15) is 11.1 Å². The van der Waals surface area contributed by atoms with Crippen LogP contribution < -0.4 is 4.74 Å². The molecule has 0 aliphatic heterocycles. The summed E-state index contributed by atoms with van der Waals surface area (Å²) in [7, 11) is 1.67. The minimum absolute atomic E-state index is 0.0281. The molecule has 3 rings (SSSR count). The first kappa shape index (κ1) is 12.7. The van der Waals surface area contributed by atoms with E-state index in [1.165, 1.54) is 0 Å². The Morgan fingerprint density at radius 3 is 2.80 bits per heavy atom. The molecule has 0 aliphatic rings. The maximum absolute atomic E-state index is 9.16. The molecule has 0 saturated carbocycles. The Bertz CT molecular complexity index is 762. The maximum atomic E-state index is 9.16. The van der Waals surface area contributed by atoms with Gasteiger partial charge in [0.25, 0.3) is 0 Å². The molecule has 2 aromatic heterocycles. The van der Waals surface area contributed by atoms with Crippen molar-refractivity contribution in [3.63, 3.8) is 0 Å². The van der Waals surface area contributed by atoms with Crippen LogP contribution in [0.4, 0.5) is 0 Å². The van der Waals surface area contributed by atoms with Crippen LogP contribution in [-0.2, 0) is 6.61 Å². The lowest BCUT2D eigenvalue weighted by atomic mass is 10.1. The quantitative estimate of drug-likeness (QED) is 0.794. The number of aliphatic hydroxyl groups is 1. The zero-order valence-corrected chi connectivity index (χ0v) is 11.5. The minimum atomic E-state index is 0.0281. The van der Waals surface area contributed by atoms with Gasteiger partial charge in [0.05, 0.1) is 19.4 Å². The molecule has 4 heteroatoms. The highest BCUT2D eigenvalue weighted by Crippen LogP contribution is 2.25. The molecule has 1 aromatic carbocycles. The molecular formula is C16H16N2O2. The molecule has 0 amide bonds. The Labute approximate surface area is 117 Å². The Morgan fingerprint density at radius 1 is 1.25 bits per heavy atom. The van der Waals surface area contributed by atoms with E-state index in [0.717, 1.165) is 33.8 Å². The summed E-state index contributed by atoms with van der Waals surface area (Å²) in [4.78, 5) is 4.60. The average molecular weight is 268 g/mol.